The number of para-hydroxylation sites is 1. The number of nitriles is 1. The monoisotopic (exact) mass is 314 g/mol. The van der Waals surface area contributed by atoms with Crippen LogP contribution in [0.4, 0.5) is 0 Å². The molecule has 0 atom stereocenters. The van der Waals surface area contributed by atoms with E-state index in [0.717, 1.165) is 28.1 Å². The van der Waals surface area contributed by atoms with Gasteiger partial charge in [0.05, 0.1) is 5.52 Å². The van der Waals surface area contributed by atoms with E-state index in [-0.39, 0.29) is 5.75 Å². The molecule has 4 aromatic rings. The minimum Gasteiger partial charge on any atom is -0.508 e. The quantitative estimate of drug-likeness (QED) is 0.613. The van der Waals surface area contributed by atoms with Crippen LogP contribution in [0.3, 0.4) is 0 Å². The van der Waals surface area contributed by atoms with Crippen LogP contribution in [0.2, 0.25) is 0 Å². The van der Waals surface area contributed by atoms with Crippen molar-refractivity contribution in [3.8, 4) is 23.3 Å². The number of nitrogens with zero attached hydrogens (tertiary/aromatic N) is 4. The molecule has 4 rings (SSSR count). The zero-order chi connectivity index (χ0) is 16.7. The zero-order valence-corrected chi connectivity index (χ0v) is 13.0. The van der Waals surface area contributed by atoms with Gasteiger partial charge in [-0.3, -0.25) is 9.13 Å². The number of hydrogen-bond acceptors (Lipinski definition) is 3. The van der Waals surface area contributed by atoms with E-state index in [9.17, 15) is 10.4 Å². The number of rotatable bonds is 2. The Balaban J connectivity index is 2.17. The third-order valence-electron chi connectivity index (χ3n) is 4.12. The summed E-state index contributed by atoms with van der Waals surface area (Å²) < 4.78 is 3.92. The predicted octanol–water partition coefficient (Wildman–Crippen LogP) is 3.70. The van der Waals surface area contributed by atoms with Gasteiger partial charge < -0.3 is 5.11 Å². The normalized spacial score (nSPS) is 10.8. The molecule has 2 aromatic carbocycles. The average molecular weight is 314 g/mol. The maximum Gasteiger partial charge on any atom is 0.142 e. The molecule has 0 unspecified atom stereocenters. The second kappa shape index (κ2) is 5.28. The molecular weight excluding hydrogens is 300 g/mol. The molecule has 0 aliphatic rings. The maximum absolute atomic E-state index is 9.77. The first-order chi connectivity index (χ1) is 11.7. The van der Waals surface area contributed by atoms with Crippen molar-refractivity contribution in [2.75, 3.05) is 0 Å². The van der Waals surface area contributed by atoms with Crippen LogP contribution in [0.5, 0.6) is 5.75 Å². The summed E-state index contributed by atoms with van der Waals surface area (Å²) in [5.41, 5.74) is 3.34. The molecule has 2 heterocycles. The van der Waals surface area contributed by atoms with E-state index in [4.69, 9.17) is 0 Å². The lowest BCUT2D eigenvalue weighted by Gasteiger charge is -2.13. The maximum atomic E-state index is 9.77. The molecule has 0 spiro atoms. The summed E-state index contributed by atoms with van der Waals surface area (Å²) in [5.74, 6) is 0.954. The Kier molecular flexibility index (Phi) is 3.10. The molecule has 1 N–H and O–H groups in total. The Labute approximate surface area is 138 Å². The third-order valence-corrected chi connectivity index (χ3v) is 4.12. The van der Waals surface area contributed by atoms with E-state index in [0.29, 0.717) is 5.56 Å². The Morgan fingerprint density at radius 3 is 2.50 bits per heavy atom. The highest BCUT2D eigenvalue weighted by Crippen LogP contribution is 2.32. The highest BCUT2D eigenvalue weighted by molar-refractivity contribution is 5.92. The van der Waals surface area contributed by atoms with Crippen molar-refractivity contribution in [1.82, 2.24) is 14.1 Å². The van der Waals surface area contributed by atoms with Crippen molar-refractivity contribution in [3.05, 3.63) is 72.3 Å². The van der Waals surface area contributed by atoms with E-state index < -0.39 is 0 Å². The van der Waals surface area contributed by atoms with Crippen molar-refractivity contribution in [2.24, 2.45) is 0 Å². The van der Waals surface area contributed by atoms with Gasteiger partial charge in [-0.05, 0) is 37.3 Å². The summed E-state index contributed by atoms with van der Waals surface area (Å²) in [6.45, 7) is 1.95. The molecule has 0 saturated carbocycles. The van der Waals surface area contributed by atoms with E-state index >= 15 is 0 Å². The van der Waals surface area contributed by atoms with E-state index in [1.54, 1.807) is 24.7 Å². The van der Waals surface area contributed by atoms with E-state index in [1.807, 2.05) is 52.5 Å². The smallest absolute Gasteiger partial charge is 0.142 e. The second-order valence-electron chi connectivity index (χ2n) is 5.58. The van der Waals surface area contributed by atoms with Gasteiger partial charge in [-0.2, -0.15) is 5.26 Å². The van der Waals surface area contributed by atoms with Crippen molar-refractivity contribution < 1.29 is 5.11 Å². The number of aromatic hydroxyl groups is 1. The van der Waals surface area contributed by atoms with Crippen LogP contribution in [-0.4, -0.2) is 19.2 Å². The molecule has 24 heavy (non-hydrogen) atoms. The SMILES string of the molecule is Cc1cncn1-c1c(C#N)c2ccccc2n1-c1ccc(O)cc1. The Bertz CT molecular complexity index is 1080. The molecule has 0 aliphatic carbocycles. The second-order valence-corrected chi connectivity index (χ2v) is 5.58. The fraction of sp³-hybridized carbons (Fsp3) is 0.0526. The summed E-state index contributed by atoms with van der Waals surface area (Å²) in [6, 6.07) is 17.1. The number of fused-ring (bicyclic) bond motifs is 1. The number of imidazole rings is 1. The van der Waals surface area contributed by atoms with Gasteiger partial charge in [0, 0.05) is 23.0 Å². The average Bonchev–Trinajstić information content (AvgIpc) is 3.16. The topological polar surface area (TPSA) is 66.8 Å². The van der Waals surface area contributed by atoms with Gasteiger partial charge >= 0.3 is 0 Å². The summed E-state index contributed by atoms with van der Waals surface area (Å²) in [7, 11) is 0. The van der Waals surface area contributed by atoms with Gasteiger partial charge in [0.15, 0.2) is 0 Å². The van der Waals surface area contributed by atoms with Crippen LogP contribution in [0.15, 0.2) is 61.1 Å². The zero-order valence-electron chi connectivity index (χ0n) is 13.0. The molecule has 0 aliphatic heterocycles. The highest BCUT2D eigenvalue weighted by atomic mass is 16.3. The van der Waals surface area contributed by atoms with Crippen LogP contribution in [-0.2, 0) is 0 Å². The van der Waals surface area contributed by atoms with Gasteiger partial charge in [-0.25, -0.2) is 4.98 Å². The third kappa shape index (κ3) is 1.97. The minimum atomic E-state index is 0.205. The van der Waals surface area contributed by atoms with Crippen molar-refractivity contribution in [2.45, 2.75) is 6.92 Å². The van der Waals surface area contributed by atoms with Crippen LogP contribution >= 0.6 is 0 Å². The number of phenolic OH excluding ortho intramolecular Hbond substituents is 1. The van der Waals surface area contributed by atoms with Gasteiger partial charge in [0.1, 0.15) is 29.5 Å². The lowest BCUT2D eigenvalue weighted by atomic mass is 10.2. The number of aromatic nitrogens is 3. The first-order valence-corrected chi connectivity index (χ1v) is 7.53. The van der Waals surface area contributed by atoms with Crippen LogP contribution in [0, 0.1) is 18.3 Å². The fourth-order valence-corrected chi connectivity index (χ4v) is 3.01. The van der Waals surface area contributed by atoms with Crippen molar-refractivity contribution in [1.29, 1.82) is 5.26 Å². The molecule has 116 valence electrons. The molecule has 0 radical (unpaired) electrons. The summed E-state index contributed by atoms with van der Waals surface area (Å²) >= 11 is 0. The highest BCUT2D eigenvalue weighted by Gasteiger charge is 2.20. The Morgan fingerprint density at radius 2 is 1.83 bits per heavy atom. The van der Waals surface area contributed by atoms with Crippen molar-refractivity contribution in [3.63, 3.8) is 0 Å². The molecule has 5 heteroatoms. The molecule has 0 amide bonds. The van der Waals surface area contributed by atoms with Gasteiger partial charge in [0.25, 0.3) is 0 Å². The lowest BCUT2D eigenvalue weighted by Crippen LogP contribution is -2.05. The van der Waals surface area contributed by atoms with Crippen molar-refractivity contribution >= 4 is 10.9 Å². The molecule has 0 fully saturated rings. The number of phenols is 1. The van der Waals surface area contributed by atoms with Gasteiger partial charge in [0.2, 0.25) is 0 Å². The molecular formula is C19H14N4O. The first kappa shape index (κ1) is 14.1. The number of hydrogen-bond donors (Lipinski definition) is 1. The largest absolute Gasteiger partial charge is 0.508 e. The molecule has 0 saturated heterocycles. The van der Waals surface area contributed by atoms with Gasteiger partial charge in [-0.15, -0.1) is 0 Å². The standard InChI is InChI=1S/C19H14N4O/c1-13-11-21-12-22(13)19-17(10-20)16-4-2-3-5-18(16)23(19)14-6-8-15(24)9-7-14/h2-9,11-12,24H,1H3. The number of aryl methyl sites for hydroxylation is 1. The Morgan fingerprint density at radius 1 is 1.08 bits per heavy atom. The Hall–Kier alpha value is -3.52. The van der Waals surface area contributed by atoms with E-state index in [1.165, 1.54) is 0 Å². The minimum absolute atomic E-state index is 0.205. The van der Waals surface area contributed by atoms with E-state index in [2.05, 4.69) is 11.1 Å². The summed E-state index contributed by atoms with van der Waals surface area (Å²) in [5, 5.41) is 20.2. The van der Waals surface area contributed by atoms with Gasteiger partial charge in [-0.1, -0.05) is 18.2 Å². The lowest BCUT2D eigenvalue weighted by molar-refractivity contribution is 0.475. The van der Waals surface area contributed by atoms with Crippen LogP contribution in [0.1, 0.15) is 11.3 Å². The molecule has 0 bridgehead atoms. The molecule has 2 aromatic heterocycles. The van der Waals surface area contributed by atoms with Crippen LogP contribution in [0.25, 0.3) is 22.4 Å². The molecule has 5 nitrogen and oxygen atoms in total. The first-order valence-electron chi connectivity index (χ1n) is 7.53. The summed E-state index contributed by atoms with van der Waals surface area (Å²) in [6.07, 6.45) is 3.47. The van der Waals surface area contributed by atoms with Crippen LogP contribution < -0.4 is 0 Å². The summed E-state index contributed by atoms with van der Waals surface area (Å²) in [4.78, 5) is 4.19. The predicted molar refractivity (Wildman–Crippen MR) is 91.5 cm³/mol. The fourth-order valence-electron chi connectivity index (χ4n) is 3.01. The number of benzene rings is 2.